The number of carbonyl (C=O) groups is 1. The molecule has 1 heterocycles. The van der Waals surface area contributed by atoms with Crippen LogP contribution >= 0.6 is 27.3 Å². The predicted molar refractivity (Wildman–Crippen MR) is 76.1 cm³/mol. The van der Waals surface area contributed by atoms with Crippen LogP contribution in [0.3, 0.4) is 0 Å². The number of amides is 1. The molecule has 108 valence electrons. The summed E-state index contributed by atoms with van der Waals surface area (Å²) in [5.41, 5.74) is -0.805. The summed E-state index contributed by atoms with van der Waals surface area (Å²) in [7, 11) is 0. The second-order valence-corrected chi connectivity index (χ2v) is 5.69. The lowest BCUT2D eigenvalue weighted by Gasteiger charge is -2.10. The Kier molecular flexibility index (Phi) is 4.34. The lowest BCUT2D eigenvalue weighted by molar-refractivity contribution is -0.137. The van der Waals surface area contributed by atoms with Gasteiger partial charge >= 0.3 is 6.18 Å². The number of halogens is 4. The summed E-state index contributed by atoms with van der Waals surface area (Å²) in [5, 5.41) is 13.2. The molecule has 0 bridgehead atoms. The van der Waals surface area contributed by atoms with Crippen LogP contribution in [0.1, 0.15) is 21.5 Å². The first kappa shape index (κ1) is 15.5. The van der Waals surface area contributed by atoms with Gasteiger partial charge in [0.05, 0.1) is 16.7 Å². The second kappa shape index (κ2) is 5.87. The number of benzene rings is 1. The smallest absolute Gasteiger partial charge is 0.312 e. The van der Waals surface area contributed by atoms with Crippen LogP contribution in [-0.2, 0) is 6.18 Å². The topological polar surface area (TPSA) is 52.9 Å². The molecule has 1 amide bonds. The molecule has 8 heteroatoms. The van der Waals surface area contributed by atoms with E-state index in [2.05, 4.69) is 21.2 Å². The lowest BCUT2D eigenvalue weighted by Crippen LogP contribution is -2.14. The van der Waals surface area contributed by atoms with E-state index in [1.165, 1.54) is 6.07 Å². The molecular formula is C13H6BrF3N2OS. The zero-order chi connectivity index (χ0) is 15.6. The van der Waals surface area contributed by atoms with E-state index < -0.39 is 17.6 Å². The Labute approximate surface area is 130 Å². The van der Waals surface area contributed by atoms with Crippen LogP contribution in [0.2, 0.25) is 0 Å². The van der Waals surface area contributed by atoms with Gasteiger partial charge < -0.3 is 5.32 Å². The summed E-state index contributed by atoms with van der Waals surface area (Å²) in [6.07, 6.45) is -4.53. The maximum Gasteiger partial charge on any atom is 0.416 e. The number of carbonyl (C=O) groups excluding carboxylic acids is 1. The number of rotatable bonds is 2. The van der Waals surface area contributed by atoms with Gasteiger partial charge in [-0.05, 0) is 45.6 Å². The Morgan fingerprint density at radius 3 is 2.67 bits per heavy atom. The minimum atomic E-state index is -4.53. The van der Waals surface area contributed by atoms with Crippen molar-refractivity contribution in [2.24, 2.45) is 0 Å². The zero-order valence-electron chi connectivity index (χ0n) is 10.2. The third kappa shape index (κ3) is 3.43. The fourth-order valence-electron chi connectivity index (χ4n) is 1.54. The Hall–Kier alpha value is -1.85. The van der Waals surface area contributed by atoms with Crippen LogP contribution in [0.15, 0.2) is 34.1 Å². The number of nitrogens with one attached hydrogen (secondary N) is 1. The van der Waals surface area contributed by atoms with E-state index in [0.717, 1.165) is 29.5 Å². The normalized spacial score (nSPS) is 11.0. The molecule has 2 rings (SSSR count). The Bertz CT molecular complexity index is 734. The van der Waals surface area contributed by atoms with Gasteiger partial charge in [-0.3, -0.25) is 4.79 Å². The van der Waals surface area contributed by atoms with Crippen LogP contribution in [0.5, 0.6) is 0 Å². The first-order chi connectivity index (χ1) is 9.82. The number of anilines is 1. The Morgan fingerprint density at radius 2 is 2.05 bits per heavy atom. The van der Waals surface area contributed by atoms with Crippen LogP contribution in [0, 0.1) is 11.3 Å². The van der Waals surface area contributed by atoms with E-state index in [-0.39, 0.29) is 15.6 Å². The van der Waals surface area contributed by atoms with Crippen molar-refractivity contribution in [3.63, 3.8) is 0 Å². The lowest BCUT2D eigenvalue weighted by atomic mass is 10.1. The van der Waals surface area contributed by atoms with Crippen molar-refractivity contribution in [3.8, 4) is 6.07 Å². The van der Waals surface area contributed by atoms with E-state index in [9.17, 15) is 18.0 Å². The monoisotopic (exact) mass is 374 g/mol. The average Bonchev–Trinajstić information content (AvgIpc) is 2.84. The average molecular weight is 375 g/mol. The molecule has 1 aromatic heterocycles. The Morgan fingerprint density at radius 1 is 1.33 bits per heavy atom. The molecule has 0 radical (unpaired) electrons. The predicted octanol–water partition coefficient (Wildman–Crippen LogP) is 4.65. The van der Waals surface area contributed by atoms with Crippen molar-refractivity contribution in [2.45, 2.75) is 6.18 Å². The molecule has 0 saturated heterocycles. The minimum Gasteiger partial charge on any atom is -0.312 e. The van der Waals surface area contributed by atoms with Gasteiger partial charge in [-0.1, -0.05) is 0 Å². The van der Waals surface area contributed by atoms with Crippen molar-refractivity contribution in [1.29, 1.82) is 5.26 Å². The molecule has 0 spiro atoms. The fourth-order valence-corrected chi connectivity index (χ4v) is 2.70. The molecule has 0 fully saturated rings. The molecule has 21 heavy (non-hydrogen) atoms. The highest BCUT2D eigenvalue weighted by atomic mass is 79.9. The maximum atomic E-state index is 12.7. The number of hydrogen-bond donors (Lipinski definition) is 1. The van der Waals surface area contributed by atoms with Gasteiger partial charge in [-0.2, -0.15) is 18.4 Å². The maximum absolute atomic E-state index is 12.7. The first-order valence-corrected chi connectivity index (χ1v) is 7.16. The van der Waals surface area contributed by atoms with E-state index in [0.29, 0.717) is 5.00 Å². The van der Waals surface area contributed by atoms with Crippen LogP contribution in [0.25, 0.3) is 0 Å². The van der Waals surface area contributed by atoms with Gasteiger partial charge in [0.15, 0.2) is 0 Å². The van der Waals surface area contributed by atoms with Gasteiger partial charge in [0.1, 0.15) is 11.1 Å². The number of alkyl halides is 3. The summed E-state index contributed by atoms with van der Waals surface area (Å²) < 4.78 is 38.3. The quantitative estimate of drug-likeness (QED) is 0.831. The summed E-state index contributed by atoms with van der Waals surface area (Å²) >= 11 is 4.17. The van der Waals surface area contributed by atoms with Crippen LogP contribution in [0.4, 0.5) is 18.2 Å². The molecule has 0 unspecified atom stereocenters. The molecule has 3 nitrogen and oxygen atoms in total. The molecular weight excluding hydrogens is 369 g/mol. The van der Waals surface area contributed by atoms with Crippen LogP contribution < -0.4 is 5.32 Å². The van der Waals surface area contributed by atoms with Crippen molar-refractivity contribution >= 4 is 38.2 Å². The number of thiophene rings is 1. The van der Waals surface area contributed by atoms with E-state index in [1.807, 2.05) is 6.07 Å². The van der Waals surface area contributed by atoms with Gasteiger partial charge in [0.25, 0.3) is 5.91 Å². The summed E-state index contributed by atoms with van der Waals surface area (Å²) in [4.78, 5) is 12.1. The summed E-state index contributed by atoms with van der Waals surface area (Å²) in [5.74, 6) is -0.716. The van der Waals surface area contributed by atoms with Crippen molar-refractivity contribution in [2.75, 3.05) is 5.32 Å². The van der Waals surface area contributed by atoms with E-state index in [1.54, 1.807) is 5.38 Å². The van der Waals surface area contributed by atoms with E-state index >= 15 is 0 Å². The van der Waals surface area contributed by atoms with Gasteiger partial charge in [0.2, 0.25) is 0 Å². The number of nitrogens with zero attached hydrogens (tertiary/aromatic N) is 1. The summed E-state index contributed by atoms with van der Waals surface area (Å²) in [6.45, 7) is 0. The third-order valence-electron chi connectivity index (χ3n) is 2.55. The zero-order valence-corrected chi connectivity index (χ0v) is 12.6. The SMILES string of the molecule is N#Cc1ccsc1NC(=O)c1cc(C(F)(F)F)ccc1Br. The van der Waals surface area contributed by atoms with Crippen LogP contribution in [-0.4, -0.2) is 5.91 Å². The fraction of sp³-hybridized carbons (Fsp3) is 0.0769. The molecule has 1 N–H and O–H groups in total. The number of hydrogen-bond acceptors (Lipinski definition) is 3. The van der Waals surface area contributed by atoms with Crippen molar-refractivity contribution in [1.82, 2.24) is 0 Å². The second-order valence-electron chi connectivity index (χ2n) is 3.92. The molecule has 0 aliphatic heterocycles. The molecule has 0 aliphatic rings. The minimum absolute atomic E-state index is 0.151. The largest absolute Gasteiger partial charge is 0.416 e. The molecule has 0 saturated carbocycles. The first-order valence-electron chi connectivity index (χ1n) is 5.48. The molecule has 2 aromatic rings. The summed E-state index contributed by atoms with van der Waals surface area (Å²) in [6, 6.07) is 6.21. The highest BCUT2D eigenvalue weighted by molar-refractivity contribution is 9.10. The molecule has 0 aliphatic carbocycles. The third-order valence-corrected chi connectivity index (χ3v) is 4.07. The van der Waals surface area contributed by atoms with Crippen molar-refractivity contribution in [3.05, 3.63) is 50.8 Å². The number of nitriles is 1. The van der Waals surface area contributed by atoms with E-state index in [4.69, 9.17) is 5.26 Å². The molecule has 1 aromatic carbocycles. The standard InChI is InChI=1S/C13H6BrF3N2OS/c14-10-2-1-8(13(15,16)17)5-9(10)11(20)19-12-7(6-18)3-4-21-12/h1-5H,(H,19,20). The van der Waals surface area contributed by atoms with Gasteiger partial charge in [0, 0.05) is 4.47 Å². The Balaban J connectivity index is 2.34. The molecule has 0 atom stereocenters. The highest BCUT2D eigenvalue weighted by Crippen LogP contribution is 2.32. The van der Waals surface area contributed by atoms with Crippen molar-refractivity contribution < 1.29 is 18.0 Å². The highest BCUT2D eigenvalue weighted by Gasteiger charge is 2.31. The van der Waals surface area contributed by atoms with Gasteiger partial charge in [-0.15, -0.1) is 11.3 Å². The van der Waals surface area contributed by atoms with Gasteiger partial charge in [-0.25, -0.2) is 0 Å².